The minimum Gasteiger partial charge on any atom is -0.367 e. The molecule has 0 amide bonds. The first-order chi connectivity index (χ1) is 7.63. The van der Waals surface area contributed by atoms with Crippen molar-refractivity contribution in [3.8, 4) is 11.3 Å². The second-order valence-corrected chi connectivity index (χ2v) is 3.79. The Morgan fingerprint density at radius 2 is 2.25 bits per heavy atom. The molecular formula is C11H10ClFN2O. The molecule has 2 rings (SSSR count). The summed E-state index contributed by atoms with van der Waals surface area (Å²) in [6.45, 7) is 1.90. The molecule has 2 N–H and O–H groups in total. The van der Waals surface area contributed by atoms with Crippen LogP contribution in [-0.4, -0.2) is 5.16 Å². The van der Waals surface area contributed by atoms with Crippen LogP contribution in [0.5, 0.6) is 0 Å². The maximum atomic E-state index is 13.7. The van der Waals surface area contributed by atoms with Crippen molar-refractivity contribution in [2.24, 2.45) is 0 Å². The maximum Gasteiger partial charge on any atom is 0.225 e. The summed E-state index contributed by atoms with van der Waals surface area (Å²) in [5, 5.41) is 4.11. The zero-order valence-corrected chi connectivity index (χ0v) is 9.38. The molecule has 0 aliphatic carbocycles. The number of benzene rings is 1. The molecule has 0 radical (unpaired) electrons. The van der Waals surface area contributed by atoms with Crippen LogP contribution in [-0.2, 0) is 6.42 Å². The zero-order valence-electron chi connectivity index (χ0n) is 8.63. The number of hydrogen-bond acceptors (Lipinski definition) is 3. The van der Waals surface area contributed by atoms with Crippen molar-refractivity contribution in [3.05, 3.63) is 34.6 Å². The largest absolute Gasteiger partial charge is 0.367 e. The third-order valence-corrected chi connectivity index (χ3v) is 2.59. The summed E-state index contributed by atoms with van der Waals surface area (Å²) < 4.78 is 18.5. The summed E-state index contributed by atoms with van der Waals surface area (Å²) in [5.41, 5.74) is 7.09. The highest BCUT2D eigenvalue weighted by Crippen LogP contribution is 2.30. The average molecular weight is 241 g/mol. The molecule has 3 nitrogen and oxygen atoms in total. The van der Waals surface area contributed by atoms with E-state index in [1.165, 1.54) is 6.07 Å². The number of halogens is 2. The molecule has 0 bridgehead atoms. The quantitative estimate of drug-likeness (QED) is 0.876. The van der Waals surface area contributed by atoms with E-state index in [9.17, 15) is 4.39 Å². The number of aromatic nitrogens is 1. The second kappa shape index (κ2) is 4.14. The van der Waals surface area contributed by atoms with Gasteiger partial charge in [-0.2, -0.15) is 0 Å². The van der Waals surface area contributed by atoms with E-state index in [0.29, 0.717) is 28.3 Å². The third kappa shape index (κ3) is 1.76. The lowest BCUT2D eigenvalue weighted by Crippen LogP contribution is -1.92. The minimum absolute atomic E-state index is 0.229. The molecule has 2 aromatic rings. The van der Waals surface area contributed by atoms with Crippen molar-refractivity contribution in [1.29, 1.82) is 0 Å². The van der Waals surface area contributed by atoms with Crippen LogP contribution in [0.3, 0.4) is 0 Å². The monoisotopic (exact) mass is 240 g/mol. The van der Waals surface area contributed by atoms with E-state index in [4.69, 9.17) is 21.9 Å². The van der Waals surface area contributed by atoms with E-state index in [0.717, 1.165) is 0 Å². The van der Waals surface area contributed by atoms with Gasteiger partial charge in [0.2, 0.25) is 5.88 Å². The second-order valence-electron chi connectivity index (χ2n) is 3.35. The van der Waals surface area contributed by atoms with Crippen LogP contribution in [0.1, 0.15) is 12.5 Å². The van der Waals surface area contributed by atoms with Crippen molar-refractivity contribution in [3.63, 3.8) is 0 Å². The van der Waals surface area contributed by atoms with Gasteiger partial charge in [0.05, 0.1) is 0 Å². The molecule has 0 unspecified atom stereocenters. The van der Waals surface area contributed by atoms with Crippen molar-refractivity contribution in [2.75, 3.05) is 5.73 Å². The summed E-state index contributed by atoms with van der Waals surface area (Å²) in [6, 6.07) is 4.40. The van der Waals surface area contributed by atoms with Crippen molar-refractivity contribution >= 4 is 17.5 Å². The Bertz CT molecular complexity index is 525. The van der Waals surface area contributed by atoms with Crippen LogP contribution < -0.4 is 5.73 Å². The Morgan fingerprint density at radius 3 is 2.88 bits per heavy atom. The van der Waals surface area contributed by atoms with Crippen molar-refractivity contribution in [2.45, 2.75) is 13.3 Å². The summed E-state index contributed by atoms with van der Waals surface area (Å²) in [4.78, 5) is 0. The number of nitrogens with zero attached hydrogens (tertiary/aromatic N) is 1. The first-order valence-corrected chi connectivity index (χ1v) is 5.20. The van der Waals surface area contributed by atoms with Gasteiger partial charge in [-0.3, -0.25) is 0 Å². The fraction of sp³-hybridized carbons (Fsp3) is 0.182. The SMILES string of the molecule is CCc1c(-c2ccc(Cl)cc2F)noc1N. The average Bonchev–Trinajstić information content (AvgIpc) is 2.59. The molecule has 1 aromatic carbocycles. The molecule has 0 atom stereocenters. The normalized spacial score (nSPS) is 10.7. The van der Waals surface area contributed by atoms with Gasteiger partial charge in [0.1, 0.15) is 11.5 Å². The summed E-state index contributed by atoms with van der Waals surface area (Å²) >= 11 is 5.67. The molecule has 0 spiro atoms. The van der Waals surface area contributed by atoms with Crippen LogP contribution in [0.15, 0.2) is 22.7 Å². The first-order valence-electron chi connectivity index (χ1n) is 4.83. The molecule has 0 aliphatic rings. The third-order valence-electron chi connectivity index (χ3n) is 2.36. The number of hydrogen-bond donors (Lipinski definition) is 1. The number of anilines is 1. The van der Waals surface area contributed by atoms with Gasteiger partial charge >= 0.3 is 0 Å². The molecule has 16 heavy (non-hydrogen) atoms. The Morgan fingerprint density at radius 1 is 1.50 bits per heavy atom. The van der Waals surface area contributed by atoms with Gasteiger partial charge in [-0.05, 0) is 24.6 Å². The predicted octanol–water partition coefficient (Wildman–Crippen LogP) is 3.28. The summed E-state index contributed by atoms with van der Waals surface area (Å²) in [5.74, 6) is -0.206. The van der Waals surface area contributed by atoms with E-state index in [-0.39, 0.29) is 5.88 Å². The zero-order chi connectivity index (χ0) is 11.7. The molecular weight excluding hydrogens is 231 g/mol. The van der Waals surface area contributed by atoms with Gasteiger partial charge in [0.15, 0.2) is 0 Å². The smallest absolute Gasteiger partial charge is 0.225 e. The number of rotatable bonds is 2. The lowest BCUT2D eigenvalue weighted by Gasteiger charge is -2.01. The number of nitrogens with two attached hydrogens (primary N) is 1. The topological polar surface area (TPSA) is 52.0 Å². The Kier molecular flexibility index (Phi) is 2.83. The van der Waals surface area contributed by atoms with Crippen molar-refractivity contribution in [1.82, 2.24) is 5.16 Å². The van der Waals surface area contributed by atoms with Crippen LogP contribution in [0.2, 0.25) is 5.02 Å². The lowest BCUT2D eigenvalue weighted by molar-refractivity contribution is 0.438. The molecule has 5 heteroatoms. The highest BCUT2D eigenvalue weighted by Gasteiger charge is 2.16. The van der Waals surface area contributed by atoms with Gasteiger partial charge in [0.25, 0.3) is 0 Å². The fourth-order valence-electron chi connectivity index (χ4n) is 1.56. The van der Waals surface area contributed by atoms with Gasteiger partial charge in [-0.15, -0.1) is 0 Å². The van der Waals surface area contributed by atoms with Gasteiger partial charge in [-0.25, -0.2) is 4.39 Å². The molecule has 1 aromatic heterocycles. The van der Waals surface area contributed by atoms with Crippen molar-refractivity contribution < 1.29 is 8.91 Å². The van der Waals surface area contributed by atoms with E-state index in [1.54, 1.807) is 12.1 Å². The fourth-order valence-corrected chi connectivity index (χ4v) is 1.72. The number of nitrogen functional groups attached to an aromatic ring is 1. The summed E-state index contributed by atoms with van der Waals surface area (Å²) in [7, 11) is 0. The predicted molar refractivity (Wildman–Crippen MR) is 60.7 cm³/mol. The molecule has 0 aliphatic heterocycles. The van der Waals surface area contributed by atoms with E-state index in [2.05, 4.69) is 5.16 Å². The van der Waals surface area contributed by atoms with E-state index >= 15 is 0 Å². The lowest BCUT2D eigenvalue weighted by atomic mass is 10.1. The molecule has 1 heterocycles. The van der Waals surface area contributed by atoms with Gasteiger partial charge in [0, 0.05) is 16.1 Å². The molecule has 0 saturated heterocycles. The first kappa shape index (κ1) is 11.0. The maximum absolute atomic E-state index is 13.7. The molecule has 84 valence electrons. The highest BCUT2D eigenvalue weighted by molar-refractivity contribution is 6.30. The Balaban J connectivity index is 2.58. The van der Waals surface area contributed by atoms with Crippen LogP contribution in [0.25, 0.3) is 11.3 Å². The highest BCUT2D eigenvalue weighted by atomic mass is 35.5. The Labute approximate surface area is 97.0 Å². The Hall–Kier alpha value is -1.55. The van der Waals surface area contributed by atoms with E-state index < -0.39 is 5.82 Å². The molecule has 0 saturated carbocycles. The summed E-state index contributed by atoms with van der Waals surface area (Å²) in [6.07, 6.45) is 0.632. The van der Waals surface area contributed by atoms with E-state index in [1.807, 2.05) is 6.92 Å². The van der Waals surface area contributed by atoms with Gasteiger partial charge in [-0.1, -0.05) is 23.7 Å². The minimum atomic E-state index is -0.435. The van der Waals surface area contributed by atoms with Crippen LogP contribution in [0.4, 0.5) is 10.3 Å². The standard InChI is InChI=1S/C11H10ClFN2O/c1-2-7-10(15-16-11(7)14)8-4-3-6(12)5-9(8)13/h3-5H,2,14H2,1H3. The van der Waals surface area contributed by atoms with Crippen LogP contribution in [0, 0.1) is 5.82 Å². The molecule has 0 fully saturated rings. The van der Waals surface area contributed by atoms with Crippen LogP contribution >= 0.6 is 11.6 Å². The van der Waals surface area contributed by atoms with Gasteiger partial charge < -0.3 is 10.3 Å².